The van der Waals surface area contributed by atoms with Crippen LogP contribution in [0.5, 0.6) is 5.75 Å². The fourth-order valence-electron chi connectivity index (χ4n) is 1.20. The van der Waals surface area contributed by atoms with Crippen LogP contribution in [0.4, 0.5) is 11.4 Å². The van der Waals surface area contributed by atoms with E-state index in [9.17, 15) is 0 Å². The number of aromatic hydroxyl groups is 1. The molecule has 0 bridgehead atoms. The van der Waals surface area contributed by atoms with Crippen molar-refractivity contribution in [3.8, 4) is 5.75 Å². The zero-order valence-corrected chi connectivity index (χ0v) is 10.2. The van der Waals surface area contributed by atoms with E-state index in [1.165, 1.54) is 12.1 Å². The molecule has 0 aliphatic rings. The van der Waals surface area contributed by atoms with E-state index >= 15 is 0 Å². The van der Waals surface area contributed by atoms with E-state index in [1.807, 2.05) is 0 Å². The van der Waals surface area contributed by atoms with Gasteiger partial charge >= 0.3 is 0 Å². The number of hydrogen-bond donors (Lipinski definition) is 1. The normalized spacial score (nSPS) is 10.9. The van der Waals surface area contributed by atoms with Crippen molar-refractivity contribution in [3.63, 3.8) is 0 Å². The predicted octanol–water partition coefficient (Wildman–Crippen LogP) is 5.11. The average Bonchev–Trinajstić information content (AvgIpc) is 2.33. The van der Waals surface area contributed by atoms with Gasteiger partial charge in [0.05, 0.1) is 15.7 Å². The zero-order valence-electron chi connectivity index (χ0n) is 8.64. The molecule has 0 unspecified atom stereocenters. The molecule has 0 radical (unpaired) electrons. The highest BCUT2D eigenvalue weighted by atomic mass is 35.5. The Hall–Kier alpha value is -1.58. The van der Waals surface area contributed by atoms with E-state index in [2.05, 4.69) is 10.2 Å². The lowest BCUT2D eigenvalue weighted by molar-refractivity contribution is 0.475. The number of nitrogens with zero attached hydrogens (tertiary/aromatic N) is 2. The van der Waals surface area contributed by atoms with Crippen LogP contribution in [0.25, 0.3) is 0 Å². The Morgan fingerprint density at radius 1 is 0.882 bits per heavy atom. The smallest absolute Gasteiger partial charge is 0.115 e. The second kappa shape index (κ2) is 5.17. The third-order valence-corrected chi connectivity index (χ3v) is 2.86. The molecule has 3 nitrogen and oxygen atoms in total. The number of azo groups is 1. The molecule has 0 aliphatic heterocycles. The SMILES string of the molecule is Oc1ccc(N=Nc2cccc(Cl)c2Cl)cc1. The second-order valence-corrected chi connectivity index (χ2v) is 4.07. The minimum Gasteiger partial charge on any atom is -0.508 e. The number of halogens is 2. The number of hydrogen-bond acceptors (Lipinski definition) is 3. The Kier molecular flexibility index (Phi) is 3.61. The minimum absolute atomic E-state index is 0.185. The molecule has 0 spiro atoms. The lowest BCUT2D eigenvalue weighted by Crippen LogP contribution is -1.70. The molecule has 0 atom stereocenters. The van der Waals surface area contributed by atoms with Crippen molar-refractivity contribution in [2.75, 3.05) is 0 Å². The maximum Gasteiger partial charge on any atom is 0.115 e. The van der Waals surface area contributed by atoms with Crippen LogP contribution in [-0.2, 0) is 0 Å². The van der Waals surface area contributed by atoms with E-state index in [0.717, 1.165) is 0 Å². The highest BCUT2D eigenvalue weighted by Gasteiger charge is 2.02. The minimum atomic E-state index is 0.185. The molecule has 2 aromatic carbocycles. The van der Waals surface area contributed by atoms with Crippen LogP contribution in [0.2, 0.25) is 10.0 Å². The fourth-order valence-corrected chi connectivity index (χ4v) is 1.53. The molecule has 2 rings (SSSR count). The quantitative estimate of drug-likeness (QED) is 0.754. The topological polar surface area (TPSA) is 45.0 Å². The molecule has 0 aliphatic carbocycles. The lowest BCUT2D eigenvalue weighted by atomic mass is 10.3. The van der Waals surface area contributed by atoms with Crippen molar-refractivity contribution in [2.45, 2.75) is 0 Å². The summed E-state index contributed by atoms with van der Waals surface area (Å²) in [5.74, 6) is 0.185. The van der Waals surface area contributed by atoms with Gasteiger partial charge in [0, 0.05) is 0 Å². The van der Waals surface area contributed by atoms with Gasteiger partial charge in [0.15, 0.2) is 0 Å². The summed E-state index contributed by atoms with van der Waals surface area (Å²) in [6.07, 6.45) is 0. The molecule has 2 aromatic rings. The van der Waals surface area contributed by atoms with Crippen LogP contribution in [0, 0.1) is 0 Å². The molecule has 86 valence electrons. The maximum absolute atomic E-state index is 9.11. The lowest BCUT2D eigenvalue weighted by Gasteiger charge is -1.98. The summed E-state index contributed by atoms with van der Waals surface area (Å²) in [5, 5.41) is 17.9. The van der Waals surface area contributed by atoms with Crippen molar-refractivity contribution in [1.82, 2.24) is 0 Å². The summed E-state index contributed by atoms with van der Waals surface area (Å²) >= 11 is 11.8. The Morgan fingerprint density at radius 2 is 1.59 bits per heavy atom. The molecular weight excluding hydrogens is 259 g/mol. The van der Waals surface area contributed by atoms with Crippen molar-refractivity contribution in [3.05, 3.63) is 52.5 Å². The van der Waals surface area contributed by atoms with Gasteiger partial charge in [-0.1, -0.05) is 29.3 Å². The van der Waals surface area contributed by atoms with Gasteiger partial charge in [-0.05, 0) is 36.4 Å². The van der Waals surface area contributed by atoms with Gasteiger partial charge in [0.1, 0.15) is 11.4 Å². The van der Waals surface area contributed by atoms with Gasteiger partial charge in [0.25, 0.3) is 0 Å². The van der Waals surface area contributed by atoms with Crippen molar-refractivity contribution in [1.29, 1.82) is 0 Å². The zero-order chi connectivity index (χ0) is 12.3. The third-order valence-electron chi connectivity index (χ3n) is 2.05. The van der Waals surface area contributed by atoms with Gasteiger partial charge in [0.2, 0.25) is 0 Å². The third kappa shape index (κ3) is 2.96. The van der Waals surface area contributed by atoms with Crippen molar-refractivity contribution in [2.24, 2.45) is 10.2 Å². The van der Waals surface area contributed by atoms with E-state index in [4.69, 9.17) is 28.3 Å². The van der Waals surface area contributed by atoms with Crippen LogP contribution in [-0.4, -0.2) is 5.11 Å². The standard InChI is InChI=1S/C12H8Cl2N2O/c13-10-2-1-3-11(12(10)14)16-15-8-4-6-9(17)7-5-8/h1-7,17H. The molecule has 17 heavy (non-hydrogen) atoms. The first-order chi connectivity index (χ1) is 8.16. The van der Waals surface area contributed by atoms with Crippen LogP contribution in [0.15, 0.2) is 52.7 Å². The summed E-state index contributed by atoms with van der Waals surface area (Å²) in [7, 11) is 0. The Labute approximate surface area is 108 Å². The number of rotatable bonds is 2. The number of phenolic OH excluding ortho intramolecular Hbond substituents is 1. The predicted molar refractivity (Wildman–Crippen MR) is 68.7 cm³/mol. The maximum atomic E-state index is 9.11. The van der Waals surface area contributed by atoms with Crippen LogP contribution in [0.3, 0.4) is 0 Å². The first-order valence-electron chi connectivity index (χ1n) is 4.81. The summed E-state index contributed by atoms with van der Waals surface area (Å²) in [6.45, 7) is 0. The average molecular weight is 267 g/mol. The fraction of sp³-hybridized carbons (Fsp3) is 0. The van der Waals surface area contributed by atoms with E-state index in [1.54, 1.807) is 30.3 Å². The molecule has 0 saturated carbocycles. The van der Waals surface area contributed by atoms with Gasteiger partial charge in [-0.25, -0.2) is 0 Å². The summed E-state index contributed by atoms with van der Waals surface area (Å²) < 4.78 is 0. The molecule has 0 fully saturated rings. The molecular formula is C12H8Cl2N2O. The van der Waals surface area contributed by atoms with Gasteiger partial charge in [-0.3, -0.25) is 0 Å². The van der Waals surface area contributed by atoms with Crippen molar-refractivity contribution < 1.29 is 5.11 Å². The van der Waals surface area contributed by atoms with Crippen LogP contribution < -0.4 is 0 Å². The van der Waals surface area contributed by atoms with Crippen LogP contribution in [0.1, 0.15) is 0 Å². The molecule has 0 heterocycles. The molecule has 0 saturated heterocycles. The van der Waals surface area contributed by atoms with E-state index in [0.29, 0.717) is 21.4 Å². The summed E-state index contributed by atoms with van der Waals surface area (Å²) in [4.78, 5) is 0. The monoisotopic (exact) mass is 266 g/mol. The molecule has 0 amide bonds. The number of phenols is 1. The molecule has 1 N–H and O–H groups in total. The van der Waals surface area contributed by atoms with Gasteiger partial charge in [-0.2, -0.15) is 5.11 Å². The summed E-state index contributed by atoms with van der Waals surface area (Å²) in [6, 6.07) is 11.5. The number of benzene rings is 2. The Balaban J connectivity index is 2.26. The van der Waals surface area contributed by atoms with E-state index < -0.39 is 0 Å². The molecule has 0 aromatic heterocycles. The second-order valence-electron chi connectivity index (χ2n) is 3.29. The highest BCUT2D eigenvalue weighted by Crippen LogP contribution is 2.32. The van der Waals surface area contributed by atoms with Crippen LogP contribution >= 0.6 is 23.2 Å². The van der Waals surface area contributed by atoms with E-state index in [-0.39, 0.29) is 5.75 Å². The summed E-state index contributed by atoms with van der Waals surface area (Å²) in [5.41, 5.74) is 1.13. The Morgan fingerprint density at radius 3 is 2.29 bits per heavy atom. The van der Waals surface area contributed by atoms with Gasteiger partial charge < -0.3 is 5.11 Å². The first kappa shape index (κ1) is 11.9. The first-order valence-corrected chi connectivity index (χ1v) is 5.57. The van der Waals surface area contributed by atoms with Crippen molar-refractivity contribution >= 4 is 34.6 Å². The molecule has 5 heteroatoms. The largest absolute Gasteiger partial charge is 0.508 e. The highest BCUT2D eigenvalue weighted by molar-refractivity contribution is 6.43. The van der Waals surface area contributed by atoms with Gasteiger partial charge in [-0.15, -0.1) is 5.11 Å². The Bertz CT molecular complexity index is 553.